The highest BCUT2D eigenvalue weighted by atomic mass is 16.5. The van der Waals surface area contributed by atoms with E-state index in [1.807, 2.05) is 18.2 Å². The normalized spacial score (nSPS) is 20.3. The van der Waals surface area contributed by atoms with Gasteiger partial charge in [-0.1, -0.05) is 37.5 Å². The number of benzene rings is 2. The average Bonchev–Trinajstić information content (AvgIpc) is 3.07. The molecule has 31 heavy (non-hydrogen) atoms. The third-order valence-corrected chi connectivity index (χ3v) is 7.35. The highest BCUT2D eigenvalue weighted by Gasteiger charge is 2.43. The van der Waals surface area contributed by atoms with Crippen molar-refractivity contribution in [1.82, 2.24) is 4.57 Å². The summed E-state index contributed by atoms with van der Waals surface area (Å²) in [7, 11) is 0. The van der Waals surface area contributed by atoms with Crippen molar-refractivity contribution in [2.75, 3.05) is 19.8 Å². The number of carbonyl (C=O) groups is 1. The molecule has 2 aromatic carbocycles. The predicted molar refractivity (Wildman–Crippen MR) is 119 cm³/mol. The number of ether oxygens (including phenoxy) is 2. The molecule has 3 heterocycles. The Morgan fingerprint density at radius 2 is 1.84 bits per heavy atom. The van der Waals surface area contributed by atoms with Crippen molar-refractivity contribution in [3.63, 3.8) is 0 Å². The Balaban J connectivity index is 1.68. The third kappa shape index (κ3) is 2.98. The molecule has 6 rings (SSSR count). The first-order valence-corrected chi connectivity index (χ1v) is 11.3. The van der Waals surface area contributed by atoms with Crippen molar-refractivity contribution in [1.29, 1.82) is 0 Å². The molecule has 1 spiro atoms. The number of aromatic nitrogens is 1. The summed E-state index contributed by atoms with van der Waals surface area (Å²) >= 11 is 0. The van der Waals surface area contributed by atoms with Gasteiger partial charge in [-0.3, -0.25) is 0 Å². The lowest BCUT2D eigenvalue weighted by Gasteiger charge is -2.43. The predicted octanol–water partition coefficient (Wildman–Crippen LogP) is 5.46. The summed E-state index contributed by atoms with van der Waals surface area (Å²) in [4.78, 5) is 11.8. The average molecular weight is 418 g/mol. The van der Waals surface area contributed by atoms with E-state index in [4.69, 9.17) is 9.47 Å². The van der Waals surface area contributed by atoms with Gasteiger partial charge in [0.05, 0.1) is 29.9 Å². The molecule has 1 saturated carbocycles. The maximum absolute atomic E-state index is 11.8. The summed E-state index contributed by atoms with van der Waals surface area (Å²) in [6, 6.07) is 14.0. The Morgan fingerprint density at radius 1 is 1.03 bits per heavy atom. The number of fused-ring (bicyclic) bond motifs is 5. The fraction of sp³-hybridized carbons (Fsp3) is 0.423. The van der Waals surface area contributed by atoms with E-state index in [-0.39, 0.29) is 5.41 Å². The van der Waals surface area contributed by atoms with Crippen LogP contribution in [-0.4, -0.2) is 35.5 Å². The molecule has 0 bridgehead atoms. The van der Waals surface area contributed by atoms with Crippen LogP contribution >= 0.6 is 0 Å². The van der Waals surface area contributed by atoms with Crippen molar-refractivity contribution < 1.29 is 19.4 Å². The zero-order valence-electron chi connectivity index (χ0n) is 17.6. The van der Waals surface area contributed by atoms with E-state index in [1.54, 1.807) is 6.07 Å². The largest absolute Gasteiger partial charge is 0.492 e. The standard InChI is InChI=1S/C26H27NO4/c28-25(29)18-10-11-19-21(12-18)27-13-26(14-30-15-26)16-31-22-9-5-4-8-20(22)24(27)23(19)17-6-2-1-3-7-17/h4-5,8-12,17H,1-3,6-7,13-16H2,(H,28,29). The lowest BCUT2D eigenvalue weighted by Crippen LogP contribution is -2.50. The molecule has 2 fully saturated rings. The van der Waals surface area contributed by atoms with Crippen LogP contribution < -0.4 is 4.74 Å². The molecule has 0 amide bonds. The van der Waals surface area contributed by atoms with Crippen LogP contribution in [0.4, 0.5) is 0 Å². The van der Waals surface area contributed by atoms with Crippen LogP contribution in [0.1, 0.15) is 53.9 Å². The summed E-state index contributed by atoms with van der Waals surface area (Å²) in [5.74, 6) is 0.519. The van der Waals surface area contributed by atoms with E-state index in [0.717, 1.165) is 23.4 Å². The van der Waals surface area contributed by atoms with E-state index in [1.165, 1.54) is 48.7 Å². The van der Waals surface area contributed by atoms with Crippen molar-refractivity contribution in [2.45, 2.75) is 44.6 Å². The number of hydrogen-bond donors (Lipinski definition) is 1. The van der Waals surface area contributed by atoms with E-state index >= 15 is 0 Å². The first kappa shape index (κ1) is 18.9. The fourth-order valence-electron chi connectivity index (χ4n) is 5.73. The zero-order chi connectivity index (χ0) is 21.0. The summed E-state index contributed by atoms with van der Waals surface area (Å²) < 4.78 is 14.4. The molecule has 1 aliphatic carbocycles. The van der Waals surface area contributed by atoms with Crippen LogP contribution in [0.3, 0.4) is 0 Å². The van der Waals surface area contributed by atoms with Gasteiger partial charge in [-0.15, -0.1) is 0 Å². The Morgan fingerprint density at radius 3 is 2.58 bits per heavy atom. The van der Waals surface area contributed by atoms with E-state index in [2.05, 4.69) is 22.8 Å². The van der Waals surface area contributed by atoms with E-state index in [9.17, 15) is 9.90 Å². The minimum absolute atomic E-state index is 0.0721. The molecule has 1 aromatic heterocycles. The Labute approximate surface area is 181 Å². The van der Waals surface area contributed by atoms with Gasteiger partial charge in [0, 0.05) is 23.0 Å². The number of rotatable bonds is 2. The summed E-state index contributed by atoms with van der Waals surface area (Å²) in [5.41, 5.74) is 5.00. The quantitative estimate of drug-likeness (QED) is 0.601. The number of para-hydroxylation sites is 1. The maximum atomic E-state index is 11.8. The topological polar surface area (TPSA) is 60.7 Å². The van der Waals surface area contributed by atoms with Gasteiger partial charge in [-0.05, 0) is 48.6 Å². The van der Waals surface area contributed by atoms with Crippen molar-refractivity contribution in [3.05, 3.63) is 53.6 Å². The second kappa shape index (κ2) is 7.13. The molecule has 3 aromatic rings. The number of nitrogens with zero attached hydrogens (tertiary/aromatic N) is 1. The highest BCUT2D eigenvalue weighted by molar-refractivity contribution is 5.98. The molecule has 1 saturated heterocycles. The molecule has 0 atom stereocenters. The molecular formula is C26H27NO4. The molecule has 5 heteroatoms. The zero-order valence-corrected chi connectivity index (χ0v) is 17.6. The third-order valence-electron chi connectivity index (χ3n) is 7.35. The molecular weight excluding hydrogens is 390 g/mol. The van der Waals surface area contributed by atoms with E-state index in [0.29, 0.717) is 31.3 Å². The van der Waals surface area contributed by atoms with Crippen LogP contribution in [0.5, 0.6) is 5.75 Å². The second-order valence-corrected chi connectivity index (χ2v) is 9.50. The van der Waals surface area contributed by atoms with E-state index < -0.39 is 5.97 Å². The molecule has 3 aliphatic rings. The SMILES string of the molecule is O=C(O)c1ccc2c(C3CCCCC3)c3n(c2c1)CC1(COC1)COc1ccccc1-3. The Kier molecular flexibility index (Phi) is 4.35. The molecule has 1 N–H and O–H groups in total. The van der Waals surface area contributed by atoms with Crippen molar-refractivity contribution in [2.24, 2.45) is 5.41 Å². The lowest BCUT2D eigenvalue weighted by molar-refractivity contribution is -0.140. The number of carboxylic acids is 1. The van der Waals surface area contributed by atoms with Gasteiger partial charge in [-0.25, -0.2) is 4.79 Å². The van der Waals surface area contributed by atoms with Crippen LogP contribution in [-0.2, 0) is 11.3 Å². The number of aromatic carboxylic acids is 1. The van der Waals surface area contributed by atoms with Crippen molar-refractivity contribution in [3.8, 4) is 17.0 Å². The molecule has 160 valence electrons. The van der Waals surface area contributed by atoms with Gasteiger partial charge in [0.25, 0.3) is 0 Å². The van der Waals surface area contributed by atoms with Gasteiger partial charge in [-0.2, -0.15) is 0 Å². The summed E-state index contributed by atoms with van der Waals surface area (Å²) in [5, 5.41) is 10.9. The smallest absolute Gasteiger partial charge is 0.335 e. The summed E-state index contributed by atoms with van der Waals surface area (Å²) in [6.07, 6.45) is 6.17. The minimum atomic E-state index is -0.882. The van der Waals surface area contributed by atoms with Gasteiger partial charge < -0.3 is 19.1 Å². The molecule has 5 nitrogen and oxygen atoms in total. The Hall–Kier alpha value is -2.79. The number of carboxylic acid groups (broad SMARTS) is 1. The van der Waals surface area contributed by atoms with Crippen LogP contribution in [0.2, 0.25) is 0 Å². The lowest BCUT2D eigenvalue weighted by atomic mass is 9.81. The first-order valence-electron chi connectivity index (χ1n) is 11.3. The first-order chi connectivity index (χ1) is 15.2. The fourth-order valence-corrected chi connectivity index (χ4v) is 5.73. The van der Waals surface area contributed by atoms with Crippen LogP contribution in [0, 0.1) is 5.41 Å². The Bertz CT molecular complexity index is 1170. The van der Waals surface area contributed by atoms with Gasteiger partial charge >= 0.3 is 5.97 Å². The molecule has 0 unspecified atom stereocenters. The van der Waals surface area contributed by atoms with Gasteiger partial charge in [0.15, 0.2) is 0 Å². The highest BCUT2D eigenvalue weighted by Crippen LogP contribution is 2.48. The number of hydrogen-bond acceptors (Lipinski definition) is 3. The van der Waals surface area contributed by atoms with Gasteiger partial charge in [0.2, 0.25) is 0 Å². The van der Waals surface area contributed by atoms with Crippen molar-refractivity contribution >= 4 is 16.9 Å². The maximum Gasteiger partial charge on any atom is 0.335 e. The summed E-state index contributed by atoms with van der Waals surface area (Å²) in [6.45, 7) is 2.74. The minimum Gasteiger partial charge on any atom is -0.492 e. The van der Waals surface area contributed by atoms with Gasteiger partial charge in [0.1, 0.15) is 12.4 Å². The van der Waals surface area contributed by atoms with Crippen LogP contribution in [0.15, 0.2) is 42.5 Å². The second-order valence-electron chi connectivity index (χ2n) is 9.50. The monoisotopic (exact) mass is 417 g/mol. The molecule has 2 aliphatic heterocycles. The van der Waals surface area contributed by atoms with Crippen LogP contribution in [0.25, 0.3) is 22.2 Å². The molecule has 0 radical (unpaired) electrons.